The van der Waals surface area contributed by atoms with Crippen molar-refractivity contribution in [1.82, 2.24) is 25.3 Å². The number of rotatable bonds is 24. The van der Waals surface area contributed by atoms with Crippen molar-refractivity contribution in [2.24, 2.45) is 0 Å². The monoisotopic (exact) mass is 783 g/mol. The van der Waals surface area contributed by atoms with Crippen LogP contribution in [0.25, 0.3) is 0 Å². The molecule has 2 N–H and O–H groups in total. The van der Waals surface area contributed by atoms with Gasteiger partial charge < -0.3 is 34.0 Å². The van der Waals surface area contributed by atoms with Crippen LogP contribution in [-0.4, -0.2) is 110 Å². The van der Waals surface area contributed by atoms with Crippen LogP contribution in [0.4, 0.5) is 21.8 Å². The lowest BCUT2D eigenvalue weighted by atomic mass is 10.0. The van der Waals surface area contributed by atoms with Crippen molar-refractivity contribution in [2.75, 3.05) is 60.0 Å². The highest BCUT2D eigenvalue weighted by Gasteiger charge is 2.45. The lowest BCUT2D eigenvalue weighted by Crippen LogP contribution is -2.35. The van der Waals surface area contributed by atoms with E-state index in [0.29, 0.717) is 102 Å². The highest BCUT2D eigenvalue weighted by molar-refractivity contribution is 6.34. The summed E-state index contributed by atoms with van der Waals surface area (Å²) in [6, 6.07) is 4.95. The van der Waals surface area contributed by atoms with E-state index in [1.165, 1.54) is 10.2 Å². The summed E-state index contributed by atoms with van der Waals surface area (Å²) in [6.07, 6.45) is 9.63. The SMILES string of the molecule is C=CCCOCCOCCOCCOCCn1cc(CNC=O)nn1.CCCc1ccc(CC2C(C)=CC(C)=[N+]2B(F)F)[nH]1.COc1c(F)cc(F)cc1F. The molecule has 3 aromatic rings. The van der Waals surface area contributed by atoms with E-state index in [-0.39, 0.29) is 6.04 Å². The maximum atomic E-state index is 13.1. The number of amides is 1. The molecular weight excluding hydrogens is 730 g/mol. The number of hydrogen-bond acceptors (Lipinski definition) is 8. The number of nitrogens with one attached hydrogen (secondary N) is 2. The maximum absolute atomic E-state index is 13.1. The van der Waals surface area contributed by atoms with Gasteiger partial charge in [0.2, 0.25) is 6.41 Å². The molecule has 304 valence electrons. The number of ether oxygens (including phenoxy) is 5. The summed E-state index contributed by atoms with van der Waals surface area (Å²) >= 11 is 0. The number of aryl methyl sites for hydroxylation is 1. The van der Waals surface area contributed by atoms with Gasteiger partial charge in [0.1, 0.15) is 11.5 Å². The van der Waals surface area contributed by atoms with Crippen LogP contribution in [0, 0.1) is 17.5 Å². The summed E-state index contributed by atoms with van der Waals surface area (Å²) in [4.78, 5) is 13.5. The average Bonchev–Trinajstić information content (AvgIpc) is 3.86. The van der Waals surface area contributed by atoms with E-state index in [9.17, 15) is 26.6 Å². The van der Waals surface area contributed by atoms with E-state index in [0.717, 1.165) is 37.6 Å². The fourth-order valence-corrected chi connectivity index (χ4v) is 5.23. The van der Waals surface area contributed by atoms with Gasteiger partial charge in [-0.2, -0.15) is 0 Å². The molecule has 0 spiro atoms. The number of aromatic nitrogens is 4. The molecule has 1 amide bonds. The fourth-order valence-electron chi connectivity index (χ4n) is 5.23. The van der Waals surface area contributed by atoms with Crippen LogP contribution in [0.1, 0.15) is 50.7 Å². The predicted octanol–water partition coefficient (Wildman–Crippen LogP) is 5.51. The summed E-state index contributed by atoms with van der Waals surface area (Å²) in [6.45, 7) is 14.9. The van der Waals surface area contributed by atoms with Gasteiger partial charge in [0, 0.05) is 36.5 Å². The molecule has 12 nitrogen and oxygen atoms in total. The Morgan fingerprint density at radius 3 is 2.13 bits per heavy atom. The molecule has 55 heavy (non-hydrogen) atoms. The third kappa shape index (κ3) is 18.2. The number of halogens is 5. The molecule has 1 aliphatic heterocycles. The van der Waals surface area contributed by atoms with E-state index in [4.69, 9.17) is 18.9 Å². The Morgan fingerprint density at radius 1 is 0.964 bits per heavy atom. The Balaban J connectivity index is 0.000000306. The molecule has 1 unspecified atom stereocenters. The molecule has 18 heteroatoms. The normalized spacial score (nSPS) is 13.4. The lowest BCUT2D eigenvalue weighted by Gasteiger charge is -2.11. The van der Waals surface area contributed by atoms with Crippen LogP contribution >= 0.6 is 0 Å². The number of aromatic amines is 1. The largest absolute Gasteiger partial charge is 0.929 e. The van der Waals surface area contributed by atoms with Gasteiger partial charge in [0.05, 0.1) is 85.7 Å². The van der Waals surface area contributed by atoms with Crippen LogP contribution in [0.5, 0.6) is 5.75 Å². The fraction of sp³-hybridized carbons (Fsp3) is 0.514. The molecule has 0 saturated heterocycles. The minimum Gasteiger partial charge on any atom is -0.491 e. The topological polar surface area (TPSA) is 125 Å². The standard InChI is InChI=1S/C16H28N4O5.C14H20BF2N2.C7H5F3O/c1-2-3-5-22-7-9-24-11-12-25-10-8-23-6-4-20-14-16(18-19-20)13-17-15-21;1-4-5-12-6-7-13(18-12)9-14-10(2)8-11(3)19(14)15(16)17;1-11-7-5(9)2-4(8)3-6(7)10/h2,14-15H,1,3-13H2,(H,17,21);6-8,14,18H,4-5,9H2,1-3H3;2-3H,1H3/q;+1;. The molecule has 0 radical (unpaired) electrons. The van der Waals surface area contributed by atoms with E-state index in [1.54, 1.807) is 17.8 Å². The van der Waals surface area contributed by atoms with E-state index < -0.39 is 30.6 Å². The van der Waals surface area contributed by atoms with E-state index >= 15 is 0 Å². The summed E-state index contributed by atoms with van der Waals surface area (Å²) < 4.78 is 92.2. The van der Waals surface area contributed by atoms with Crippen molar-refractivity contribution in [1.29, 1.82) is 0 Å². The lowest BCUT2D eigenvalue weighted by molar-refractivity contribution is -0.439. The molecule has 0 saturated carbocycles. The first-order chi connectivity index (χ1) is 26.5. The quantitative estimate of drug-likeness (QED) is 0.0401. The second kappa shape index (κ2) is 27.2. The van der Waals surface area contributed by atoms with Gasteiger partial charge in [-0.25, -0.2) is 31.0 Å². The zero-order chi connectivity index (χ0) is 40.4. The van der Waals surface area contributed by atoms with Crippen molar-refractivity contribution >= 4 is 19.5 Å². The highest BCUT2D eigenvalue weighted by Crippen LogP contribution is 2.22. The van der Waals surface area contributed by atoms with Crippen LogP contribution in [0.2, 0.25) is 0 Å². The van der Waals surface area contributed by atoms with Gasteiger partial charge in [-0.3, -0.25) is 4.79 Å². The summed E-state index contributed by atoms with van der Waals surface area (Å²) in [5.41, 5.74) is 4.58. The van der Waals surface area contributed by atoms with Crippen molar-refractivity contribution < 1.29 is 54.8 Å². The van der Waals surface area contributed by atoms with Crippen LogP contribution < -0.4 is 10.1 Å². The number of H-pyrrole nitrogens is 1. The number of carbonyl (C=O) groups excluding carboxylic acids is 1. The van der Waals surface area contributed by atoms with Gasteiger partial charge in [-0.1, -0.05) is 24.6 Å². The third-order valence-corrected chi connectivity index (χ3v) is 7.82. The minimum absolute atomic E-state index is 0.229. The van der Waals surface area contributed by atoms with Crippen molar-refractivity contribution in [2.45, 2.75) is 65.6 Å². The molecule has 0 aliphatic carbocycles. The number of nitrogens with zero attached hydrogens (tertiary/aromatic N) is 4. The molecule has 1 atom stereocenters. The number of allylic oxidation sites excluding steroid dienone is 1. The number of carbonyl (C=O) groups is 1. The Hall–Kier alpha value is -4.39. The first-order valence-electron chi connectivity index (χ1n) is 18.0. The minimum atomic E-state index is -2.44. The Kier molecular flexibility index (Phi) is 23.2. The zero-order valence-electron chi connectivity index (χ0n) is 32.0. The Bertz CT molecular complexity index is 1600. The van der Waals surface area contributed by atoms with Gasteiger partial charge in [-0.05, 0) is 37.5 Å². The van der Waals surface area contributed by atoms with Crippen LogP contribution in [0.15, 0.2) is 54.8 Å². The summed E-state index contributed by atoms with van der Waals surface area (Å²) in [5, 5.41) is 10.4. The maximum Gasteiger partial charge on any atom is 0.929 e. The summed E-state index contributed by atoms with van der Waals surface area (Å²) in [7, 11) is -1.33. The number of benzene rings is 1. The van der Waals surface area contributed by atoms with Crippen LogP contribution in [0.3, 0.4) is 0 Å². The molecule has 0 bridgehead atoms. The third-order valence-electron chi connectivity index (χ3n) is 7.82. The number of methoxy groups -OCH3 is 1. The van der Waals surface area contributed by atoms with Crippen molar-refractivity contribution in [3.63, 3.8) is 0 Å². The van der Waals surface area contributed by atoms with Crippen molar-refractivity contribution in [3.05, 3.63) is 89.3 Å². The van der Waals surface area contributed by atoms with Gasteiger partial charge in [0.15, 0.2) is 29.1 Å². The van der Waals surface area contributed by atoms with Gasteiger partial charge in [-0.15, -0.1) is 11.7 Å². The van der Waals surface area contributed by atoms with Crippen molar-refractivity contribution in [3.8, 4) is 5.75 Å². The van der Waals surface area contributed by atoms with Crippen LogP contribution in [-0.2, 0) is 49.7 Å². The molecule has 1 aromatic carbocycles. The second-order valence-electron chi connectivity index (χ2n) is 12.1. The van der Waals surface area contributed by atoms with E-state index in [1.807, 2.05) is 25.1 Å². The second-order valence-corrected chi connectivity index (χ2v) is 12.1. The van der Waals surface area contributed by atoms with Gasteiger partial charge in [0.25, 0.3) is 0 Å². The Labute approximate surface area is 319 Å². The molecule has 1 aliphatic rings. The smallest absolute Gasteiger partial charge is 0.491 e. The first-order valence-corrected chi connectivity index (χ1v) is 18.0. The average molecular weight is 784 g/mol. The summed E-state index contributed by atoms with van der Waals surface area (Å²) in [5.74, 6) is -3.60. The molecular formula is C37H53BF5N6O6+. The molecule has 2 aromatic heterocycles. The van der Waals surface area contributed by atoms with Gasteiger partial charge >= 0.3 is 7.40 Å². The number of hydrogen-bond donors (Lipinski definition) is 2. The molecule has 3 heterocycles. The predicted molar refractivity (Wildman–Crippen MR) is 199 cm³/mol. The molecule has 0 fully saturated rings. The molecule has 4 rings (SSSR count). The first kappa shape index (κ1) is 46.8. The zero-order valence-corrected chi connectivity index (χ0v) is 32.0. The highest BCUT2D eigenvalue weighted by atomic mass is 19.2. The Morgan fingerprint density at radius 2 is 1.56 bits per heavy atom. The van der Waals surface area contributed by atoms with E-state index in [2.05, 4.69) is 44.9 Å².